The van der Waals surface area contributed by atoms with Gasteiger partial charge in [0, 0.05) is 10.0 Å². The molecule has 1 N–H and O–H groups in total. The van der Waals surface area contributed by atoms with E-state index in [2.05, 4.69) is 59.1 Å². The van der Waals surface area contributed by atoms with Crippen molar-refractivity contribution in [2.75, 3.05) is 5.32 Å². The van der Waals surface area contributed by atoms with Crippen molar-refractivity contribution in [1.82, 2.24) is 4.98 Å². The fraction of sp³-hybridized carbons (Fsp3) is 0.222. The van der Waals surface area contributed by atoms with E-state index in [9.17, 15) is 4.79 Å². The first-order valence-electron chi connectivity index (χ1n) is 7.31. The molecule has 23 heavy (non-hydrogen) atoms. The highest BCUT2D eigenvalue weighted by Gasteiger charge is 2.16. The summed E-state index contributed by atoms with van der Waals surface area (Å²) in [5, 5.41) is 3.50. The molecule has 0 aliphatic heterocycles. The van der Waals surface area contributed by atoms with Crippen molar-refractivity contribution in [2.45, 2.75) is 26.2 Å². The van der Waals surface area contributed by atoms with Crippen LogP contribution in [0.15, 0.2) is 46.9 Å². The summed E-state index contributed by atoms with van der Waals surface area (Å²) in [4.78, 5) is 16.8. The molecule has 0 aliphatic carbocycles. The van der Waals surface area contributed by atoms with Crippen molar-refractivity contribution in [3.05, 3.63) is 58.1 Å². The van der Waals surface area contributed by atoms with Gasteiger partial charge in [-0.15, -0.1) is 0 Å². The summed E-state index contributed by atoms with van der Waals surface area (Å²) in [5.41, 5.74) is 2.88. The highest BCUT2D eigenvalue weighted by Crippen LogP contribution is 2.31. The molecule has 1 heterocycles. The van der Waals surface area contributed by atoms with Crippen molar-refractivity contribution in [2.24, 2.45) is 0 Å². The summed E-state index contributed by atoms with van der Waals surface area (Å²) < 4.78 is 2.03. The summed E-state index contributed by atoms with van der Waals surface area (Å²) >= 11 is 4.87. The number of anilines is 1. The Kier molecular flexibility index (Phi) is 4.25. The lowest BCUT2D eigenvalue weighted by Gasteiger charge is -2.18. The first-order chi connectivity index (χ1) is 10.8. The maximum Gasteiger partial charge on any atom is 0.257 e. The largest absolute Gasteiger partial charge is 0.298 e. The molecule has 0 fully saturated rings. The first-order valence-corrected chi connectivity index (χ1v) is 8.92. The Bertz CT molecular complexity index is 863. The average Bonchev–Trinajstić information content (AvgIpc) is 2.88. The van der Waals surface area contributed by atoms with E-state index in [-0.39, 0.29) is 11.3 Å². The zero-order valence-corrected chi connectivity index (χ0v) is 15.6. The highest BCUT2D eigenvalue weighted by molar-refractivity contribution is 9.10. The Labute approximate surface area is 147 Å². The number of thiazole rings is 1. The lowest BCUT2D eigenvalue weighted by atomic mass is 9.87. The maximum atomic E-state index is 12.3. The fourth-order valence-electron chi connectivity index (χ4n) is 2.22. The van der Waals surface area contributed by atoms with Crippen LogP contribution in [0.4, 0.5) is 5.13 Å². The second kappa shape index (κ2) is 6.06. The summed E-state index contributed by atoms with van der Waals surface area (Å²) in [6, 6.07) is 13.5. The predicted octanol–water partition coefficient (Wildman–Crippen LogP) is 5.61. The third kappa shape index (κ3) is 3.62. The number of benzene rings is 2. The van der Waals surface area contributed by atoms with Crippen molar-refractivity contribution >= 4 is 48.5 Å². The normalized spacial score (nSPS) is 11.7. The van der Waals surface area contributed by atoms with Gasteiger partial charge < -0.3 is 0 Å². The molecule has 5 heteroatoms. The van der Waals surface area contributed by atoms with Crippen LogP contribution in [0.3, 0.4) is 0 Å². The zero-order chi connectivity index (χ0) is 16.6. The van der Waals surface area contributed by atoms with E-state index in [0.29, 0.717) is 10.7 Å². The number of fused-ring (bicyclic) bond motifs is 1. The number of nitrogens with zero attached hydrogens (tertiary/aromatic N) is 1. The van der Waals surface area contributed by atoms with Gasteiger partial charge in [-0.25, -0.2) is 4.98 Å². The molecule has 0 spiro atoms. The van der Waals surface area contributed by atoms with Crippen LogP contribution >= 0.6 is 27.3 Å². The lowest BCUT2D eigenvalue weighted by Crippen LogP contribution is -2.11. The number of halogens is 1. The van der Waals surface area contributed by atoms with Crippen LogP contribution in [0.25, 0.3) is 10.2 Å². The highest BCUT2D eigenvalue weighted by atomic mass is 79.9. The molecule has 2 aromatic carbocycles. The summed E-state index contributed by atoms with van der Waals surface area (Å²) in [7, 11) is 0. The van der Waals surface area contributed by atoms with E-state index in [1.54, 1.807) is 12.1 Å². The monoisotopic (exact) mass is 388 g/mol. The fourth-order valence-corrected chi connectivity index (χ4v) is 3.38. The molecule has 1 aromatic heterocycles. The van der Waals surface area contributed by atoms with Crippen molar-refractivity contribution in [3.63, 3.8) is 0 Å². The van der Waals surface area contributed by atoms with E-state index in [1.807, 2.05) is 18.2 Å². The van der Waals surface area contributed by atoms with Gasteiger partial charge >= 0.3 is 0 Å². The number of amides is 1. The molecule has 1 amide bonds. The molecule has 118 valence electrons. The zero-order valence-electron chi connectivity index (χ0n) is 13.2. The molecule has 0 unspecified atom stereocenters. The van der Waals surface area contributed by atoms with Crippen LogP contribution in [0.1, 0.15) is 36.7 Å². The number of hydrogen-bond donors (Lipinski definition) is 1. The number of hydrogen-bond acceptors (Lipinski definition) is 3. The standard InChI is InChI=1S/C18H17BrN2OS/c1-18(2,3)12-6-9-14-15(10-12)23-17(20-14)21-16(22)11-4-7-13(19)8-5-11/h4-10H,1-3H3,(H,20,21,22). The number of carbonyl (C=O) groups is 1. The summed E-state index contributed by atoms with van der Waals surface area (Å²) in [6.07, 6.45) is 0. The van der Waals surface area contributed by atoms with Gasteiger partial charge in [-0.3, -0.25) is 10.1 Å². The van der Waals surface area contributed by atoms with Gasteiger partial charge in [0.1, 0.15) is 0 Å². The second-order valence-electron chi connectivity index (χ2n) is 6.41. The minimum absolute atomic E-state index is 0.0962. The third-order valence-corrected chi connectivity index (χ3v) is 5.04. The molecule has 3 nitrogen and oxygen atoms in total. The lowest BCUT2D eigenvalue weighted by molar-refractivity contribution is 0.102. The summed E-state index contributed by atoms with van der Waals surface area (Å²) in [6.45, 7) is 6.56. The predicted molar refractivity (Wildman–Crippen MR) is 100 cm³/mol. The van der Waals surface area contributed by atoms with Gasteiger partial charge in [0.25, 0.3) is 5.91 Å². The van der Waals surface area contributed by atoms with Gasteiger partial charge in [0.2, 0.25) is 0 Å². The summed E-state index contributed by atoms with van der Waals surface area (Å²) in [5.74, 6) is -0.146. The first kappa shape index (κ1) is 16.1. The topological polar surface area (TPSA) is 42.0 Å². The molecule has 3 rings (SSSR count). The Morgan fingerprint density at radius 2 is 1.83 bits per heavy atom. The smallest absolute Gasteiger partial charge is 0.257 e. The van der Waals surface area contributed by atoms with Gasteiger partial charge in [-0.2, -0.15) is 0 Å². The van der Waals surface area contributed by atoms with Crippen LogP contribution in [0, 0.1) is 0 Å². The van der Waals surface area contributed by atoms with E-state index in [4.69, 9.17) is 0 Å². The number of carbonyl (C=O) groups excluding carboxylic acids is 1. The molecule has 0 aliphatic rings. The minimum atomic E-state index is -0.146. The molecular formula is C18H17BrN2OS. The van der Waals surface area contributed by atoms with E-state index in [1.165, 1.54) is 16.9 Å². The molecule has 0 atom stereocenters. The molecule has 3 aromatic rings. The maximum absolute atomic E-state index is 12.3. The van der Waals surface area contributed by atoms with Crippen LogP contribution in [0.5, 0.6) is 0 Å². The SMILES string of the molecule is CC(C)(C)c1ccc2nc(NC(=O)c3ccc(Br)cc3)sc2c1. The Morgan fingerprint density at radius 1 is 1.13 bits per heavy atom. The van der Waals surface area contributed by atoms with Crippen LogP contribution in [-0.4, -0.2) is 10.9 Å². The molecule has 0 saturated carbocycles. The van der Waals surface area contributed by atoms with E-state index < -0.39 is 0 Å². The Balaban J connectivity index is 1.86. The number of aromatic nitrogens is 1. The van der Waals surface area contributed by atoms with Gasteiger partial charge in [0.15, 0.2) is 5.13 Å². The van der Waals surface area contributed by atoms with Crippen molar-refractivity contribution < 1.29 is 4.79 Å². The van der Waals surface area contributed by atoms with Crippen molar-refractivity contribution in [1.29, 1.82) is 0 Å². The number of nitrogens with one attached hydrogen (secondary N) is 1. The van der Waals surface area contributed by atoms with E-state index in [0.717, 1.165) is 14.7 Å². The van der Waals surface area contributed by atoms with Crippen LogP contribution in [-0.2, 0) is 5.41 Å². The minimum Gasteiger partial charge on any atom is -0.298 e. The van der Waals surface area contributed by atoms with Gasteiger partial charge in [0.05, 0.1) is 10.2 Å². The Morgan fingerprint density at radius 3 is 2.48 bits per heavy atom. The quantitative estimate of drug-likeness (QED) is 0.619. The van der Waals surface area contributed by atoms with E-state index >= 15 is 0 Å². The molecular weight excluding hydrogens is 372 g/mol. The average molecular weight is 389 g/mol. The van der Waals surface area contributed by atoms with Crippen LogP contribution < -0.4 is 5.32 Å². The molecule has 0 radical (unpaired) electrons. The van der Waals surface area contributed by atoms with Gasteiger partial charge in [-0.1, -0.05) is 54.1 Å². The third-order valence-electron chi connectivity index (χ3n) is 3.58. The molecule has 0 saturated heterocycles. The van der Waals surface area contributed by atoms with Crippen molar-refractivity contribution in [3.8, 4) is 0 Å². The van der Waals surface area contributed by atoms with Crippen LogP contribution in [0.2, 0.25) is 0 Å². The Hall–Kier alpha value is -1.72. The van der Waals surface area contributed by atoms with Gasteiger partial charge in [-0.05, 0) is 47.4 Å². The number of rotatable bonds is 2. The molecule has 0 bridgehead atoms. The second-order valence-corrected chi connectivity index (χ2v) is 8.36.